The van der Waals surface area contributed by atoms with Crippen molar-refractivity contribution in [2.75, 3.05) is 6.61 Å². The van der Waals surface area contributed by atoms with Crippen molar-refractivity contribution < 1.29 is 4.74 Å². The van der Waals surface area contributed by atoms with Crippen LogP contribution in [-0.4, -0.2) is 11.2 Å². The van der Waals surface area contributed by atoms with Crippen LogP contribution in [0.1, 0.15) is 0 Å². The van der Waals surface area contributed by atoms with Crippen molar-refractivity contribution in [2.45, 2.75) is 6.54 Å². The number of hydrogen-bond donors (Lipinski definition) is 0. The molecule has 1 aliphatic heterocycles. The van der Waals surface area contributed by atoms with E-state index < -0.39 is 0 Å². The first-order valence-corrected chi connectivity index (χ1v) is 6.41. The molecule has 0 radical (unpaired) electrons. The summed E-state index contributed by atoms with van der Waals surface area (Å²) in [5.74, 6) is 0.752. The summed E-state index contributed by atoms with van der Waals surface area (Å²) < 4.78 is 9.19. The van der Waals surface area contributed by atoms with Gasteiger partial charge < -0.3 is 9.30 Å². The van der Waals surface area contributed by atoms with Crippen LogP contribution >= 0.6 is 31.9 Å². The molecule has 0 unspecified atom stereocenters. The Balaban J connectivity index is 2.60. The van der Waals surface area contributed by atoms with Gasteiger partial charge in [0.1, 0.15) is 6.61 Å². The SMILES string of the molecule is O=c1ccc2c(Br)cc(Br)c3c2n1CCO3. The lowest BCUT2D eigenvalue weighted by Crippen LogP contribution is -2.26. The number of ether oxygens (including phenoxy) is 1. The summed E-state index contributed by atoms with van der Waals surface area (Å²) in [5, 5.41) is 0.998. The van der Waals surface area contributed by atoms with Crippen LogP contribution < -0.4 is 10.3 Å². The van der Waals surface area contributed by atoms with Crippen molar-refractivity contribution >= 4 is 42.8 Å². The van der Waals surface area contributed by atoms with E-state index in [0.29, 0.717) is 13.2 Å². The average Bonchev–Trinajstić information content (AvgIpc) is 2.27. The highest BCUT2D eigenvalue weighted by Gasteiger charge is 2.18. The lowest BCUT2D eigenvalue weighted by Gasteiger charge is -2.21. The van der Waals surface area contributed by atoms with E-state index in [2.05, 4.69) is 31.9 Å². The minimum Gasteiger partial charge on any atom is -0.488 e. The van der Waals surface area contributed by atoms with Gasteiger partial charge in [-0.05, 0) is 28.1 Å². The van der Waals surface area contributed by atoms with Crippen LogP contribution in [0.4, 0.5) is 0 Å². The van der Waals surface area contributed by atoms with Crippen molar-refractivity contribution in [2.24, 2.45) is 0 Å². The van der Waals surface area contributed by atoms with Crippen molar-refractivity contribution in [3.8, 4) is 5.75 Å². The Morgan fingerprint density at radius 3 is 2.88 bits per heavy atom. The molecule has 0 bridgehead atoms. The molecular weight excluding hydrogens is 338 g/mol. The van der Waals surface area contributed by atoms with Crippen LogP contribution in [0.15, 0.2) is 31.9 Å². The minimum absolute atomic E-state index is 0.0158. The third-order valence-electron chi connectivity index (χ3n) is 2.69. The van der Waals surface area contributed by atoms with Gasteiger partial charge in [-0.25, -0.2) is 0 Å². The Bertz CT molecular complexity index is 648. The molecule has 16 heavy (non-hydrogen) atoms. The van der Waals surface area contributed by atoms with Crippen molar-refractivity contribution in [1.29, 1.82) is 0 Å². The number of halogens is 2. The molecule has 1 aliphatic rings. The monoisotopic (exact) mass is 343 g/mol. The second kappa shape index (κ2) is 3.60. The van der Waals surface area contributed by atoms with E-state index in [0.717, 1.165) is 25.6 Å². The molecule has 0 saturated carbocycles. The van der Waals surface area contributed by atoms with E-state index in [1.54, 1.807) is 10.6 Å². The molecule has 1 aromatic carbocycles. The largest absolute Gasteiger partial charge is 0.488 e. The van der Waals surface area contributed by atoms with Gasteiger partial charge in [0.2, 0.25) is 0 Å². The third kappa shape index (κ3) is 1.34. The molecule has 0 saturated heterocycles. The molecule has 0 atom stereocenters. The Kier molecular flexibility index (Phi) is 2.33. The molecule has 0 fully saturated rings. The summed E-state index contributed by atoms with van der Waals surface area (Å²) in [4.78, 5) is 11.7. The summed E-state index contributed by atoms with van der Waals surface area (Å²) in [6, 6.07) is 5.36. The van der Waals surface area contributed by atoms with Crippen LogP contribution in [-0.2, 0) is 6.54 Å². The van der Waals surface area contributed by atoms with Gasteiger partial charge in [0.05, 0.1) is 16.5 Å². The Labute approximate surface area is 108 Å². The normalized spacial score (nSPS) is 13.9. The van der Waals surface area contributed by atoms with Crippen LogP contribution in [0.5, 0.6) is 5.75 Å². The summed E-state index contributed by atoms with van der Waals surface area (Å²) in [5.41, 5.74) is 0.877. The fourth-order valence-corrected chi connectivity index (χ4v) is 3.37. The van der Waals surface area contributed by atoms with E-state index in [-0.39, 0.29) is 5.56 Å². The number of hydrogen-bond acceptors (Lipinski definition) is 2. The molecule has 3 nitrogen and oxygen atoms in total. The van der Waals surface area contributed by atoms with E-state index in [4.69, 9.17) is 4.74 Å². The van der Waals surface area contributed by atoms with Gasteiger partial charge in [-0.2, -0.15) is 0 Å². The molecule has 0 spiro atoms. The highest BCUT2D eigenvalue weighted by molar-refractivity contribution is 9.11. The zero-order chi connectivity index (χ0) is 11.3. The van der Waals surface area contributed by atoms with Crippen molar-refractivity contribution in [3.63, 3.8) is 0 Å². The fraction of sp³-hybridized carbons (Fsp3) is 0.182. The highest BCUT2D eigenvalue weighted by Crippen LogP contribution is 2.39. The number of benzene rings is 1. The molecule has 0 aliphatic carbocycles. The van der Waals surface area contributed by atoms with Gasteiger partial charge in [-0.1, -0.05) is 15.9 Å². The fourth-order valence-electron chi connectivity index (χ4n) is 1.98. The smallest absolute Gasteiger partial charge is 0.251 e. The van der Waals surface area contributed by atoms with Gasteiger partial charge in [0, 0.05) is 15.9 Å². The van der Waals surface area contributed by atoms with Crippen molar-refractivity contribution in [1.82, 2.24) is 4.57 Å². The molecule has 2 heterocycles. The van der Waals surface area contributed by atoms with E-state index in [1.807, 2.05) is 12.1 Å². The first-order valence-electron chi connectivity index (χ1n) is 4.83. The molecule has 2 aromatic rings. The maximum atomic E-state index is 11.7. The molecule has 0 amide bonds. The predicted molar refractivity (Wildman–Crippen MR) is 69.1 cm³/mol. The van der Waals surface area contributed by atoms with Gasteiger partial charge >= 0.3 is 0 Å². The number of nitrogens with zero attached hydrogens (tertiary/aromatic N) is 1. The first-order chi connectivity index (χ1) is 7.68. The van der Waals surface area contributed by atoms with E-state index in [1.165, 1.54) is 0 Å². The third-order valence-corrected chi connectivity index (χ3v) is 3.93. The van der Waals surface area contributed by atoms with Gasteiger partial charge in [0.25, 0.3) is 5.56 Å². The van der Waals surface area contributed by atoms with Crippen LogP contribution in [0.2, 0.25) is 0 Å². The minimum atomic E-state index is 0.0158. The van der Waals surface area contributed by atoms with Crippen molar-refractivity contribution in [3.05, 3.63) is 37.5 Å². The average molecular weight is 345 g/mol. The van der Waals surface area contributed by atoms with Crippen LogP contribution in [0.25, 0.3) is 10.9 Å². The lowest BCUT2D eigenvalue weighted by atomic mass is 10.2. The van der Waals surface area contributed by atoms with Gasteiger partial charge in [-0.15, -0.1) is 0 Å². The maximum absolute atomic E-state index is 11.7. The van der Waals surface area contributed by atoms with E-state index >= 15 is 0 Å². The molecule has 1 aromatic heterocycles. The molecule has 3 rings (SSSR count). The van der Waals surface area contributed by atoms with Crippen LogP contribution in [0, 0.1) is 0 Å². The van der Waals surface area contributed by atoms with E-state index in [9.17, 15) is 4.79 Å². The number of aromatic nitrogens is 1. The molecule has 82 valence electrons. The molecule has 0 N–H and O–H groups in total. The van der Waals surface area contributed by atoms with Crippen LogP contribution in [0.3, 0.4) is 0 Å². The first kappa shape index (κ1) is 10.4. The summed E-state index contributed by atoms with van der Waals surface area (Å²) >= 11 is 6.94. The molecular formula is C11H7Br2NO2. The second-order valence-electron chi connectivity index (χ2n) is 3.60. The highest BCUT2D eigenvalue weighted by atomic mass is 79.9. The predicted octanol–water partition coefficient (Wildman–Crippen LogP) is 2.92. The standard InChI is InChI=1S/C11H7Br2NO2/c12-7-5-8(13)11-10-6(7)1-2-9(15)14(10)3-4-16-11/h1-2,5H,3-4H2. The summed E-state index contributed by atoms with van der Waals surface area (Å²) in [6.45, 7) is 1.14. The topological polar surface area (TPSA) is 31.2 Å². The summed E-state index contributed by atoms with van der Waals surface area (Å²) in [7, 11) is 0. The number of rotatable bonds is 0. The Hall–Kier alpha value is -0.810. The quantitative estimate of drug-likeness (QED) is 0.735. The van der Waals surface area contributed by atoms with Gasteiger partial charge in [0.15, 0.2) is 5.75 Å². The van der Waals surface area contributed by atoms with Gasteiger partial charge in [-0.3, -0.25) is 4.79 Å². The maximum Gasteiger partial charge on any atom is 0.251 e. The number of pyridine rings is 1. The Morgan fingerprint density at radius 2 is 2.06 bits per heavy atom. The lowest BCUT2D eigenvalue weighted by molar-refractivity contribution is 0.282. The summed E-state index contributed by atoms with van der Waals surface area (Å²) in [6.07, 6.45) is 0. The molecule has 5 heteroatoms. The zero-order valence-corrected chi connectivity index (χ0v) is 11.3. The Morgan fingerprint density at radius 1 is 1.25 bits per heavy atom. The zero-order valence-electron chi connectivity index (χ0n) is 8.17. The second-order valence-corrected chi connectivity index (χ2v) is 5.31.